The van der Waals surface area contributed by atoms with Crippen LogP contribution in [0.4, 0.5) is 0 Å². The molecule has 0 aromatic carbocycles. The topological polar surface area (TPSA) is 0 Å². The maximum absolute atomic E-state index is 3.90. The van der Waals surface area contributed by atoms with E-state index in [2.05, 4.69) is 77.6 Å². The molecule has 0 N–H and O–H groups in total. The highest BCUT2D eigenvalue weighted by molar-refractivity contribution is 9.12. The third kappa shape index (κ3) is 6.16. The van der Waals surface area contributed by atoms with Crippen molar-refractivity contribution in [1.29, 1.82) is 0 Å². The van der Waals surface area contributed by atoms with Gasteiger partial charge in [0.25, 0.3) is 0 Å². The first-order valence-electron chi connectivity index (χ1n) is 9.44. The summed E-state index contributed by atoms with van der Waals surface area (Å²) in [7, 11) is 0. The van der Waals surface area contributed by atoms with E-state index < -0.39 is 0 Å². The molecule has 0 fully saturated rings. The first kappa shape index (κ1) is 23.6. The molecule has 0 spiro atoms. The van der Waals surface area contributed by atoms with Crippen molar-refractivity contribution >= 4 is 86.4 Å². The Bertz CT molecular complexity index is 643. The molecule has 0 aliphatic heterocycles. The Kier molecular flexibility index (Phi) is 11.0. The van der Waals surface area contributed by atoms with Crippen LogP contribution < -0.4 is 0 Å². The molecular weight excluding hydrogens is 624 g/mol. The van der Waals surface area contributed by atoms with Crippen molar-refractivity contribution in [3.05, 3.63) is 27.6 Å². The van der Waals surface area contributed by atoms with Crippen LogP contribution in [0, 0.1) is 0 Å². The molecule has 0 aliphatic carbocycles. The third-order valence-corrected chi connectivity index (χ3v) is 11.0. The maximum atomic E-state index is 3.90. The zero-order chi connectivity index (χ0) is 19.1. The van der Waals surface area contributed by atoms with Gasteiger partial charge in [0.05, 0.1) is 17.3 Å². The third-order valence-electron chi connectivity index (χ3n) is 4.55. The summed E-state index contributed by atoms with van der Waals surface area (Å²) in [4.78, 5) is 2.69. The second-order valence-electron chi connectivity index (χ2n) is 6.62. The van der Waals surface area contributed by atoms with Gasteiger partial charge in [-0.05, 0) is 101 Å². The maximum Gasteiger partial charge on any atom is 0.0749 e. The van der Waals surface area contributed by atoms with Crippen molar-refractivity contribution in [1.82, 2.24) is 0 Å². The summed E-state index contributed by atoms with van der Waals surface area (Å²) in [5.74, 6) is 0. The molecule has 0 radical (unpaired) electrons. The number of hydrogen-bond donors (Lipinski definition) is 0. The van der Waals surface area contributed by atoms with Crippen molar-refractivity contribution in [2.24, 2.45) is 0 Å². The minimum absolute atomic E-state index is 1.14. The monoisotopic (exact) mass is 646 g/mol. The molecule has 0 unspecified atom stereocenters. The highest BCUT2D eigenvalue weighted by Crippen LogP contribution is 2.51. The summed E-state index contributed by atoms with van der Waals surface area (Å²) in [6.07, 6.45) is 12.7. The fourth-order valence-electron chi connectivity index (χ4n) is 3.00. The lowest BCUT2D eigenvalue weighted by atomic mass is 10.1. The van der Waals surface area contributed by atoms with Gasteiger partial charge in [-0.25, -0.2) is 0 Å². The van der Waals surface area contributed by atoms with Gasteiger partial charge in [0.2, 0.25) is 0 Å². The molecule has 2 heterocycles. The Morgan fingerprint density at radius 3 is 1.31 bits per heavy atom. The van der Waals surface area contributed by atoms with E-state index in [1.807, 2.05) is 22.7 Å². The highest BCUT2D eigenvalue weighted by atomic mass is 79.9. The van der Waals surface area contributed by atoms with Gasteiger partial charge >= 0.3 is 0 Å². The Morgan fingerprint density at radius 2 is 0.962 bits per heavy atom. The molecule has 0 bridgehead atoms. The molecule has 0 amide bonds. The van der Waals surface area contributed by atoms with Gasteiger partial charge in [0, 0.05) is 8.95 Å². The fraction of sp³-hybridized carbons (Fsp3) is 0.600. The molecule has 146 valence electrons. The van der Waals surface area contributed by atoms with Crippen LogP contribution in [0.1, 0.15) is 76.3 Å². The van der Waals surface area contributed by atoms with Crippen LogP contribution in [0.2, 0.25) is 0 Å². The summed E-state index contributed by atoms with van der Waals surface area (Å²) in [5.41, 5.74) is 2.86. The summed E-state index contributed by atoms with van der Waals surface area (Å²) >= 11 is 19.1. The van der Waals surface area contributed by atoms with Crippen LogP contribution in [-0.2, 0) is 12.8 Å². The molecule has 0 saturated heterocycles. The van der Waals surface area contributed by atoms with Crippen molar-refractivity contribution in [2.45, 2.75) is 78.1 Å². The molecule has 0 nitrogen and oxygen atoms in total. The van der Waals surface area contributed by atoms with E-state index in [9.17, 15) is 0 Å². The van der Waals surface area contributed by atoms with E-state index in [0.717, 1.165) is 12.8 Å². The molecule has 2 aromatic rings. The number of thiophene rings is 2. The normalized spacial score (nSPS) is 11.5. The Morgan fingerprint density at radius 1 is 0.577 bits per heavy atom. The van der Waals surface area contributed by atoms with Gasteiger partial charge < -0.3 is 0 Å². The predicted octanol–water partition coefficient (Wildman–Crippen LogP) is 10.8. The Labute approximate surface area is 200 Å². The summed E-state index contributed by atoms with van der Waals surface area (Å²) < 4.78 is 5.10. The van der Waals surface area contributed by atoms with E-state index in [-0.39, 0.29) is 0 Å². The quantitative estimate of drug-likeness (QED) is 0.213. The van der Waals surface area contributed by atoms with Crippen LogP contribution in [0.5, 0.6) is 0 Å². The minimum Gasteiger partial charge on any atom is -0.126 e. The smallest absolute Gasteiger partial charge is 0.0749 e. The average molecular weight is 650 g/mol. The second kappa shape index (κ2) is 12.1. The average Bonchev–Trinajstić information content (AvgIpc) is 3.05. The van der Waals surface area contributed by atoms with Crippen LogP contribution in [0.3, 0.4) is 0 Å². The van der Waals surface area contributed by atoms with Gasteiger partial charge in [-0.3, -0.25) is 0 Å². The van der Waals surface area contributed by atoms with E-state index in [1.165, 1.54) is 88.8 Å². The lowest BCUT2D eigenvalue weighted by Crippen LogP contribution is -1.86. The van der Waals surface area contributed by atoms with Gasteiger partial charge in [0.1, 0.15) is 0 Å². The highest BCUT2D eigenvalue weighted by Gasteiger charge is 2.22. The second-order valence-corrected chi connectivity index (χ2v) is 12.9. The zero-order valence-electron chi connectivity index (χ0n) is 15.4. The molecule has 0 aliphatic rings. The van der Waals surface area contributed by atoms with Crippen molar-refractivity contribution in [2.75, 3.05) is 0 Å². The number of unbranched alkanes of at least 4 members (excludes halogenated alkanes) is 6. The molecular formula is C20H26Br4S2. The SMILES string of the molecule is CCCCCCc1c(Br)sc(-c2sc(Br)c(CCCCCC)c2Br)c1Br. The summed E-state index contributed by atoms with van der Waals surface area (Å²) in [6.45, 7) is 4.53. The number of rotatable bonds is 11. The van der Waals surface area contributed by atoms with E-state index in [4.69, 9.17) is 0 Å². The van der Waals surface area contributed by atoms with Crippen molar-refractivity contribution in [3.63, 3.8) is 0 Å². The van der Waals surface area contributed by atoms with Gasteiger partial charge in [0.15, 0.2) is 0 Å². The van der Waals surface area contributed by atoms with Crippen molar-refractivity contribution < 1.29 is 0 Å². The fourth-order valence-corrected chi connectivity index (χ4v) is 9.58. The van der Waals surface area contributed by atoms with E-state index in [1.54, 1.807) is 0 Å². The van der Waals surface area contributed by atoms with Crippen LogP contribution in [0.25, 0.3) is 9.75 Å². The van der Waals surface area contributed by atoms with Crippen LogP contribution >= 0.6 is 86.4 Å². The van der Waals surface area contributed by atoms with Gasteiger partial charge in [-0.1, -0.05) is 52.4 Å². The molecule has 26 heavy (non-hydrogen) atoms. The van der Waals surface area contributed by atoms with Gasteiger partial charge in [-0.2, -0.15) is 0 Å². The summed E-state index contributed by atoms with van der Waals surface area (Å²) in [5, 5.41) is 0. The van der Waals surface area contributed by atoms with Crippen molar-refractivity contribution in [3.8, 4) is 9.75 Å². The summed E-state index contributed by atoms with van der Waals surface area (Å²) in [6, 6.07) is 0. The number of halogens is 4. The molecule has 2 rings (SSSR count). The van der Waals surface area contributed by atoms with E-state index >= 15 is 0 Å². The molecule has 0 saturated carbocycles. The Hall–Kier alpha value is 1.32. The molecule has 2 aromatic heterocycles. The largest absolute Gasteiger partial charge is 0.126 e. The molecule has 6 heteroatoms. The predicted molar refractivity (Wildman–Crippen MR) is 134 cm³/mol. The zero-order valence-corrected chi connectivity index (χ0v) is 23.4. The van der Waals surface area contributed by atoms with Crippen LogP contribution in [-0.4, -0.2) is 0 Å². The first-order valence-corrected chi connectivity index (χ1v) is 14.2. The van der Waals surface area contributed by atoms with E-state index in [0.29, 0.717) is 0 Å². The standard InChI is InChI=1S/C20H26Br4S2/c1-3-5-7-9-11-13-15(21)17(25-19(13)23)18-16(22)14(20(24)26-18)12-10-8-6-4-2/h3-12H2,1-2H3. The number of hydrogen-bond acceptors (Lipinski definition) is 2. The minimum atomic E-state index is 1.14. The Balaban J connectivity index is 2.18. The lowest BCUT2D eigenvalue weighted by molar-refractivity contribution is 0.666. The van der Waals surface area contributed by atoms with Gasteiger partial charge in [-0.15, -0.1) is 22.7 Å². The molecule has 0 atom stereocenters. The lowest BCUT2D eigenvalue weighted by Gasteiger charge is -2.03. The first-order chi connectivity index (χ1) is 12.5. The van der Waals surface area contributed by atoms with Crippen LogP contribution in [0.15, 0.2) is 16.5 Å².